The summed E-state index contributed by atoms with van der Waals surface area (Å²) in [7, 11) is 0. The Kier molecular flexibility index (Phi) is 5.22. The van der Waals surface area contributed by atoms with E-state index in [2.05, 4.69) is 18.7 Å². The zero-order chi connectivity index (χ0) is 12.1. The highest BCUT2D eigenvalue weighted by molar-refractivity contribution is 5.73. The summed E-state index contributed by atoms with van der Waals surface area (Å²) in [5, 5.41) is 8.87. The Hall–Kier alpha value is -0.610. The van der Waals surface area contributed by atoms with Crippen LogP contribution in [0.4, 0.5) is 0 Å². The monoisotopic (exact) mass is 228 g/mol. The number of rotatable bonds is 5. The molecule has 0 bridgehead atoms. The molecule has 0 aromatic carbocycles. The van der Waals surface area contributed by atoms with Crippen LogP contribution in [0.1, 0.15) is 27.2 Å². The minimum atomic E-state index is 0.163. The van der Waals surface area contributed by atoms with Crippen LogP contribution in [0.15, 0.2) is 0 Å². The molecule has 1 N–H and O–H groups in total. The van der Waals surface area contributed by atoms with Gasteiger partial charge in [-0.25, -0.2) is 0 Å². The van der Waals surface area contributed by atoms with Gasteiger partial charge in [0.2, 0.25) is 5.91 Å². The molecule has 1 rings (SSSR count). The van der Waals surface area contributed by atoms with Crippen molar-refractivity contribution in [1.29, 1.82) is 0 Å². The lowest BCUT2D eigenvalue weighted by molar-refractivity contribution is -0.131. The highest BCUT2D eigenvalue weighted by Crippen LogP contribution is 2.18. The van der Waals surface area contributed by atoms with E-state index in [1.807, 2.05) is 4.90 Å². The first kappa shape index (κ1) is 13.5. The lowest BCUT2D eigenvalue weighted by Crippen LogP contribution is -2.39. The summed E-state index contributed by atoms with van der Waals surface area (Å²) in [6.45, 7) is 9.66. The average Bonchev–Trinajstić information content (AvgIpc) is 2.61. The van der Waals surface area contributed by atoms with E-state index in [1.165, 1.54) is 0 Å². The maximum absolute atomic E-state index is 11.5. The minimum Gasteiger partial charge on any atom is -0.395 e. The standard InChI is InChI=1S/C12H24N2O2/c1-10(2)14(11(3)16)9-12-4-5-13(8-12)6-7-15/h10,12,15H,4-9H2,1-3H3. The Morgan fingerprint density at radius 2 is 2.25 bits per heavy atom. The van der Waals surface area contributed by atoms with Crippen molar-refractivity contribution >= 4 is 5.91 Å². The maximum atomic E-state index is 11.5. The molecule has 16 heavy (non-hydrogen) atoms. The van der Waals surface area contributed by atoms with Gasteiger partial charge >= 0.3 is 0 Å². The fourth-order valence-corrected chi connectivity index (χ4v) is 2.39. The second-order valence-corrected chi connectivity index (χ2v) is 4.94. The molecule has 0 saturated carbocycles. The molecule has 0 spiro atoms. The van der Waals surface area contributed by atoms with Crippen molar-refractivity contribution in [1.82, 2.24) is 9.80 Å². The van der Waals surface area contributed by atoms with Gasteiger partial charge in [-0.15, -0.1) is 0 Å². The van der Waals surface area contributed by atoms with Crippen molar-refractivity contribution in [2.75, 3.05) is 32.8 Å². The fraction of sp³-hybridized carbons (Fsp3) is 0.917. The molecule has 1 saturated heterocycles. The van der Waals surface area contributed by atoms with Gasteiger partial charge in [0.1, 0.15) is 0 Å². The van der Waals surface area contributed by atoms with E-state index in [-0.39, 0.29) is 18.6 Å². The second-order valence-electron chi connectivity index (χ2n) is 4.94. The van der Waals surface area contributed by atoms with Gasteiger partial charge in [-0.3, -0.25) is 4.79 Å². The number of β-amino-alcohol motifs (C(OH)–C–C–N with tert-alkyl or cyclic N) is 1. The Labute approximate surface area is 98.2 Å². The van der Waals surface area contributed by atoms with Gasteiger partial charge in [-0.2, -0.15) is 0 Å². The highest BCUT2D eigenvalue weighted by Gasteiger charge is 2.25. The number of hydrogen-bond donors (Lipinski definition) is 1. The van der Waals surface area contributed by atoms with E-state index in [1.54, 1.807) is 6.92 Å². The van der Waals surface area contributed by atoms with Crippen molar-refractivity contribution in [3.8, 4) is 0 Å². The topological polar surface area (TPSA) is 43.8 Å². The Morgan fingerprint density at radius 3 is 2.75 bits per heavy atom. The number of likely N-dealkylation sites (tertiary alicyclic amines) is 1. The lowest BCUT2D eigenvalue weighted by atomic mass is 10.1. The van der Waals surface area contributed by atoms with Crippen LogP contribution >= 0.6 is 0 Å². The molecule has 0 radical (unpaired) electrons. The number of aliphatic hydroxyl groups excluding tert-OH is 1. The molecule has 1 aliphatic rings. The second kappa shape index (κ2) is 6.21. The van der Waals surface area contributed by atoms with Crippen molar-refractivity contribution in [3.63, 3.8) is 0 Å². The Balaban J connectivity index is 2.39. The predicted molar refractivity (Wildman–Crippen MR) is 64.2 cm³/mol. The SMILES string of the molecule is CC(=O)N(CC1CCN(CCO)C1)C(C)C. The molecule has 1 aliphatic heterocycles. The third kappa shape index (κ3) is 3.76. The van der Waals surface area contributed by atoms with Gasteiger partial charge in [0, 0.05) is 32.6 Å². The molecular formula is C12H24N2O2. The fourth-order valence-electron chi connectivity index (χ4n) is 2.39. The summed E-state index contributed by atoms with van der Waals surface area (Å²) in [6, 6.07) is 0.282. The molecule has 94 valence electrons. The van der Waals surface area contributed by atoms with Gasteiger partial charge in [0.15, 0.2) is 0 Å². The molecule has 1 atom stereocenters. The lowest BCUT2D eigenvalue weighted by Gasteiger charge is -2.28. The van der Waals surface area contributed by atoms with Crippen LogP contribution in [-0.4, -0.2) is 59.6 Å². The first-order chi connectivity index (χ1) is 7.54. The van der Waals surface area contributed by atoms with Crippen LogP contribution < -0.4 is 0 Å². The van der Waals surface area contributed by atoms with Gasteiger partial charge < -0.3 is 14.9 Å². The molecule has 0 aliphatic carbocycles. The molecule has 0 aromatic heterocycles. The third-order valence-corrected chi connectivity index (χ3v) is 3.27. The van der Waals surface area contributed by atoms with Crippen LogP contribution in [0.5, 0.6) is 0 Å². The van der Waals surface area contributed by atoms with E-state index in [0.717, 1.165) is 32.6 Å². The summed E-state index contributed by atoms with van der Waals surface area (Å²) >= 11 is 0. The number of hydrogen-bond acceptors (Lipinski definition) is 3. The molecule has 4 heteroatoms. The zero-order valence-electron chi connectivity index (χ0n) is 10.6. The van der Waals surface area contributed by atoms with Crippen molar-refractivity contribution in [3.05, 3.63) is 0 Å². The van der Waals surface area contributed by atoms with Crippen LogP contribution in [0.3, 0.4) is 0 Å². The Morgan fingerprint density at radius 1 is 1.56 bits per heavy atom. The number of nitrogens with zero attached hydrogens (tertiary/aromatic N) is 2. The quantitative estimate of drug-likeness (QED) is 0.747. The molecule has 1 heterocycles. The van der Waals surface area contributed by atoms with Crippen molar-refractivity contribution < 1.29 is 9.90 Å². The normalized spacial score (nSPS) is 21.7. The molecule has 1 fully saturated rings. The highest BCUT2D eigenvalue weighted by atomic mass is 16.3. The van der Waals surface area contributed by atoms with E-state index in [0.29, 0.717) is 5.92 Å². The van der Waals surface area contributed by atoms with Crippen LogP contribution in [0, 0.1) is 5.92 Å². The summed E-state index contributed by atoms with van der Waals surface area (Å²) in [4.78, 5) is 15.7. The smallest absolute Gasteiger partial charge is 0.219 e. The van der Waals surface area contributed by atoms with Crippen molar-refractivity contribution in [2.24, 2.45) is 5.92 Å². The summed E-state index contributed by atoms with van der Waals surface area (Å²) < 4.78 is 0. The maximum Gasteiger partial charge on any atom is 0.219 e. The number of carbonyl (C=O) groups is 1. The van der Waals surface area contributed by atoms with E-state index in [9.17, 15) is 4.79 Å². The average molecular weight is 228 g/mol. The molecule has 1 amide bonds. The summed E-state index contributed by atoms with van der Waals surface area (Å²) in [5.74, 6) is 0.730. The van der Waals surface area contributed by atoms with E-state index < -0.39 is 0 Å². The minimum absolute atomic E-state index is 0.163. The van der Waals surface area contributed by atoms with Gasteiger partial charge in [0.05, 0.1) is 6.61 Å². The number of aliphatic hydroxyl groups is 1. The van der Waals surface area contributed by atoms with Gasteiger partial charge in [-0.05, 0) is 32.7 Å². The molecule has 4 nitrogen and oxygen atoms in total. The molecule has 1 unspecified atom stereocenters. The zero-order valence-corrected chi connectivity index (χ0v) is 10.6. The van der Waals surface area contributed by atoms with E-state index >= 15 is 0 Å². The molecule has 0 aromatic rings. The van der Waals surface area contributed by atoms with Crippen molar-refractivity contribution in [2.45, 2.75) is 33.2 Å². The summed E-state index contributed by atoms with van der Waals surface area (Å²) in [5.41, 5.74) is 0. The largest absolute Gasteiger partial charge is 0.395 e. The third-order valence-electron chi connectivity index (χ3n) is 3.27. The van der Waals surface area contributed by atoms with Crippen LogP contribution in [0.2, 0.25) is 0 Å². The van der Waals surface area contributed by atoms with Crippen LogP contribution in [-0.2, 0) is 4.79 Å². The van der Waals surface area contributed by atoms with Crippen LogP contribution in [0.25, 0.3) is 0 Å². The first-order valence-corrected chi connectivity index (χ1v) is 6.15. The molecular weight excluding hydrogens is 204 g/mol. The number of amides is 1. The van der Waals surface area contributed by atoms with E-state index in [4.69, 9.17) is 5.11 Å². The van der Waals surface area contributed by atoms with Gasteiger partial charge in [0.25, 0.3) is 0 Å². The van der Waals surface area contributed by atoms with Gasteiger partial charge in [-0.1, -0.05) is 0 Å². The summed E-state index contributed by atoms with van der Waals surface area (Å²) in [6.07, 6.45) is 1.14. The first-order valence-electron chi connectivity index (χ1n) is 6.15. The Bertz CT molecular complexity index is 231. The predicted octanol–water partition coefficient (Wildman–Crippen LogP) is 0.557. The number of carbonyl (C=O) groups excluding carboxylic acids is 1.